The first-order valence-electron chi connectivity index (χ1n) is 9.52. The topological polar surface area (TPSA) is 66.5 Å². The number of carbonyl (C=O) groups is 3. The summed E-state index contributed by atoms with van der Waals surface area (Å²) < 4.78 is 0. The molecule has 0 saturated heterocycles. The first-order chi connectivity index (χ1) is 14.4. The van der Waals surface area contributed by atoms with Crippen LogP contribution in [0.2, 0.25) is 0 Å². The summed E-state index contributed by atoms with van der Waals surface area (Å²) in [6, 6.07) is 19.7. The second kappa shape index (κ2) is 8.16. The quantitative estimate of drug-likeness (QED) is 0.478. The highest BCUT2D eigenvalue weighted by Gasteiger charge is 2.36. The van der Waals surface area contributed by atoms with Gasteiger partial charge in [0.2, 0.25) is 5.91 Å². The maximum Gasteiger partial charge on any atom is 0.266 e. The summed E-state index contributed by atoms with van der Waals surface area (Å²) in [5, 5.41) is 2.85. The van der Waals surface area contributed by atoms with Crippen LogP contribution in [0.3, 0.4) is 0 Å². The van der Waals surface area contributed by atoms with Crippen LogP contribution in [0, 0.1) is 13.8 Å². The summed E-state index contributed by atoms with van der Waals surface area (Å²) >= 11 is 1.48. The van der Waals surface area contributed by atoms with Crippen molar-refractivity contribution in [2.24, 2.45) is 0 Å². The highest BCUT2D eigenvalue weighted by atomic mass is 32.2. The lowest BCUT2D eigenvalue weighted by molar-refractivity contribution is -0.113. The molecule has 3 aromatic rings. The van der Waals surface area contributed by atoms with Crippen molar-refractivity contribution >= 4 is 40.9 Å². The molecular formula is C24H20N2O3S. The van der Waals surface area contributed by atoms with Crippen molar-refractivity contribution in [2.45, 2.75) is 18.7 Å². The maximum atomic E-state index is 12.7. The number of nitrogens with one attached hydrogen (secondary N) is 1. The van der Waals surface area contributed by atoms with Gasteiger partial charge in [0.1, 0.15) is 0 Å². The average Bonchev–Trinajstić information content (AvgIpc) is 2.99. The second-order valence-electron chi connectivity index (χ2n) is 7.15. The zero-order chi connectivity index (χ0) is 21.3. The van der Waals surface area contributed by atoms with Crippen LogP contribution in [0.5, 0.6) is 0 Å². The average molecular weight is 417 g/mol. The van der Waals surface area contributed by atoms with Gasteiger partial charge < -0.3 is 5.32 Å². The molecule has 4 rings (SSSR count). The van der Waals surface area contributed by atoms with Crippen LogP contribution in [0.15, 0.2) is 71.6 Å². The number of aryl methyl sites for hydroxylation is 2. The van der Waals surface area contributed by atoms with Crippen LogP contribution in [0.1, 0.15) is 31.8 Å². The number of imide groups is 1. The Labute approximate surface area is 179 Å². The molecule has 150 valence electrons. The van der Waals surface area contributed by atoms with Gasteiger partial charge in [0.05, 0.1) is 22.6 Å². The predicted octanol–water partition coefficient (Wildman–Crippen LogP) is 4.83. The first-order valence-corrected chi connectivity index (χ1v) is 10.5. The fourth-order valence-corrected chi connectivity index (χ4v) is 4.27. The number of amides is 3. The number of rotatable bonds is 5. The summed E-state index contributed by atoms with van der Waals surface area (Å²) in [6.45, 7) is 4.04. The number of nitrogens with zero attached hydrogens (tertiary/aromatic N) is 1. The molecule has 3 amide bonds. The Kier molecular flexibility index (Phi) is 5.42. The normalized spacial score (nSPS) is 12.8. The van der Waals surface area contributed by atoms with Gasteiger partial charge in [-0.05, 0) is 55.8 Å². The monoisotopic (exact) mass is 416 g/mol. The van der Waals surface area contributed by atoms with Crippen molar-refractivity contribution in [3.8, 4) is 0 Å². The number of fused-ring (bicyclic) bond motifs is 1. The molecular weight excluding hydrogens is 396 g/mol. The molecule has 6 heteroatoms. The summed E-state index contributed by atoms with van der Waals surface area (Å²) in [6.07, 6.45) is 0. The van der Waals surface area contributed by atoms with Crippen LogP contribution in [-0.2, 0) is 4.79 Å². The first kappa shape index (κ1) is 19.9. The zero-order valence-corrected chi connectivity index (χ0v) is 17.5. The third-order valence-corrected chi connectivity index (χ3v) is 6.04. The van der Waals surface area contributed by atoms with E-state index in [0.717, 1.165) is 20.9 Å². The number of hydrogen-bond donors (Lipinski definition) is 1. The highest BCUT2D eigenvalue weighted by molar-refractivity contribution is 8.00. The Balaban J connectivity index is 1.46. The van der Waals surface area contributed by atoms with Gasteiger partial charge in [-0.15, -0.1) is 11.8 Å². The van der Waals surface area contributed by atoms with Crippen molar-refractivity contribution < 1.29 is 14.4 Å². The van der Waals surface area contributed by atoms with Gasteiger partial charge in [-0.3, -0.25) is 14.4 Å². The fourth-order valence-electron chi connectivity index (χ4n) is 3.35. The molecule has 0 radical (unpaired) electrons. The van der Waals surface area contributed by atoms with Gasteiger partial charge in [0.15, 0.2) is 0 Å². The van der Waals surface area contributed by atoms with Crippen LogP contribution < -0.4 is 10.2 Å². The predicted molar refractivity (Wildman–Crippen MR) is 119 cm³/mol. The molecule has 0 bridgehead atoms. The molecule has 1 aliphatic rings. The van der Waals surface area contributed by atoms with Gasteiger partial charge in [-0.25, -0.2) is 4.90 Å². The summed E-state index contributed by atoms with van der Waals surface area (Å²) in [5.41, 5.74) is 4.03. The van der Waals surface area contributed by atoms with Crippen molar-refractivity contribution in [3.63, 3.8) is 0 Å². The number of carbonyl (C=O) groups excluding carboxylic acids is 3. The van der Waals surface area contributed by atoms with Crippen LogP contribution in [0.25, 0.3) is 0 Å². The van der Waals surface area contributed by atoms with E-state index in [4.69, 9.17) is 0 Å². The minimum absolute atomic E-state index is 0.152. The Morgan fingerprint density at radius 3 is 2.30 bits per heavy atom. The number of thioether (sulfide) groups is 1. The zero-order valence-electron chi connectivity index (χ0n) is 16.6. The fraction of sp³-hybridized carbons (Fsp3) is 0.125. The molecule has 0 aromatic heterocycles. The van der Waals surface area contributed by atoms with E-state index in [1.807, 2.05) is 26.0 Å². The molecule has 3 aromatic carbocycles. The van der Waals surface area contributed by atoms with Crippen molar-refractivity contribution in [1.82, 2.24) is 0 Å². The minimum atomic E-state index is -0.357. The largest absolute Gasteiger partial charge is 0.325 e. The van der Waals surface area contributed by atoms with E-state index < -0.39 is 0 Å². The molecule has 5 nitrogen and oxygen atoms in total. The lowest BCUT2D eigenvalue weighted by atomic mass is 10.1. The lowest BCUT2D eigenvalue weighted by Gasteiger charge is -2.15. The molecule has 1 N–H and O–H groups in total. The van der Waals surface area contributed by atoms with Gasteiger partial charge in [-0.1, -0.05) is 35.9 Å². The van der Waals surface area contributed by atoms with E-state index in [9.17, 15) is 14.4 Å². The Morgan fingerprint density at radius 1 is 0.900 bits per heavy atom. The molecule has 0 saturated carbocycles. The Bertz CT molecular complexity index is 1140. The summed E-state index contributed by atoms with van der Waals surface area (Å²) in [7, 11) is 0. The van der Waals surface area contributed by atoms with Crippen molar-refractivity contribution in [2.75, 3.05) is 16.0 Å². The highest BCUT2D eigenvalue weighted by Crippen LogP contribution is 2.30. The van der Waals surface area contributed by atoms with Gasteiger partial charge in [-0.2, -0.15) is 0 Å². The maximum absolute atomic E-state index is 12.7. The molecule has 1 aliphatic heterocycles. The van der Waals surface area contributed by atoms with Crippen LogP contribution in [0.4, 0.5) is 11.4 Å². The van der Waals surface area contributed by atoms with E-state index in [-0.39, 0.29) is 23.5 Å². The summed E-state index contributed by atoms with van der Waals surface area (Å²) in [5.74, 6) is -0.601. The van der Waals surface area contributed by atoms with Crippen LogP contribution in [-0.4, -0.2) is 23.5 Å². The smallest absolute Gasteiger partial charge is 0.266 e. The van der Waals surface area contributed by atoms with Gasteiger partial charge in [0.25, 0.3) is 11.8 Å². The SMILES string of the molecule is Cc1ccc(C)c(SCC(=O)Nc2cccc(N3C(=O)c4ccccc4C3=O)c2)c1. The molecule has 0 atom stereocenters. The molecule has 0 spiro atoms. The van der Waals surface area contributed by atoms with Crippen molar-refractivity contribution in [1.29, 1.82) is 0 Å². The van der Waals surface area contributed by atoms with E-state index in [2.05, 4.69) is 11.4 Å². The number of anilines is 2. The second-order valence-corrected chi connectivity index (χ2v) is 8.16. The molecule has 1 heterocycles. The summed E-state index contributed by atoms with van der Waals surface area (Å²) in [4.78, 5) is 40.0. The lowest BCUT2D eigenvalue weighted by Crippen LogP contribution is -2.29. The van der Waals surface area contributed by atoms with Crippen molar-refractivity contribution in [3.05, 3.63) is 89.0 Å². The van der Waals surface area contributed by atoms with Gasteiger partial charge in [0, 0.05) is 10.6 Å². The third kappa shape index (κ3) is 3.86. The van der Waals surface area contributed by atoms with E-state index in [1.54, 1.807) is 48.5 Å². The molecule has 0 unspecified atom stereocenters. The number of benzene rings is 3. The molecule has 30 heavy (non-hydrogen) atoms. The van der Waals surface area contributed by atoms with E-state index >= 15 is 0 Å². The van der Waals surface area contributed by atoms with E-state index in [0.29, 0.717) is 22.5 Å². The standard InChI is InChI=1S/C24H20N2O3S/c1-15-10-11-16(2)21(12-15)30-14-22(27)25-17-6-5-7-18(13-17)26-23(28)19-8-3-4-9-20(19)24(26)29/h3-13H,14H2,1-2H3,(H,25,27). The Morgan fingerprint density at radius 2 is 1.60 bits per heavy atom. The number of hydrogen-bond acceptors (Lipinski definition) is 4. The molecule has 0 aliphatic carbocycles. The van der Waals surface area contributed by atoms with E-state index in [1.165, 1.54) is 11.8 Å². The van der Waals surface area contributed by atoms with Crippen LogP contribution >= 0.6 is 11.8 Å². The van der Waals surface area contributed by atoms with Gasteiger partial charge >= 0.3 is 0 Å². The third-order valence-electron chi connectivity index (χ3n) is 4.88. The molecule has 0 fully saturated rings. The Hall–Kier alpha value is -3.38. The minimum Gasteiger partial charge on any atom is -0.325 e.